The number of thiophene rings is 1. The minimum atomic E-state index is -1.64. The van der Waals surface area contributed by atoms with E-state index in [2.05, 4.69) is 0 Å². The Bertz CT molecular complexity index is 702. The molecule has 2 aromatic rings. The summed E-state index contributed by atoms with van der Waals surface area (Å²) in [4.78, 5) is 0.787. The summed E-state index contributed by atoms with van der Waals surface area (Å²) < 4.78 is 11.5. The molecular weight excluding hydrogens is 308 g/mol. The first kappa shape index (κ1) is 14.1. The van der Waals surface area contributed by atoms with Crippen molar-refractivity contribution in [2.75, 3.05) is 0 Å². The van der Waals surface area contributed by atoms with Crippen LogP contribution in [-0.4, -0.2) is 5.60 Å². The zero-order valence-corrected chi connectivity index (χ0v) is 12.3. The zero-order chi connectivity index (χ0) is 14.9. The first-order chi connectivity index (χ1) is 10.2. The Hall–Kier alpha value is -1.89. The summed E-state index contributed by atoms with van der Waals surface area (Å²) in [6, 6.07) is 14.5. The van der Waals surface area contributed by atoms with Crippen molar-refractivity contribution in [3.63, 3.8) is 0 Å². The van der Waals surface area contributed by atoms with Crippen molar-refractivity contribution in [1.82, 2.24) is 0 Å². The second-order valence-corrected chi connectivity index (χ2v) is 5.91. The van der Waals surface area contributed by atoms with Crippen molar-refractivity contribution in [3.05, 3.63) is 57.2 Å². The highest BCUT2D eigenvalue weighted by Crippen LogP contribution is 2.47. The van der Waals surface area contributed by atoms with Crippen LogP contribution < -0.4 is 0 Å². The SMILES string of the molecule is N#CC1(C#N)O[C@H](c2ccc(Cl)cc2)O[C@H]1c1cccs1. The first-order valence-electron chi connectivity index (χ1n) is 6.13. The third kappa shape index (κ3) is 2.42. The van der Waals surface area contributed by atoms with Gasteiger partial charge in [0.1, 0.15) is 12.1 Å². The fourth-order valence-electron chi connectivity index (χ4n) is 2.15. The van der Waals surface area contributed by atoms with Gasteiger partial charge >= 0.3 is 0 Å². The Balaban J connectivity index is 1.97. The van der Waals surface area contributed by atoms with Gasteiger partial charge in [-0.3, -0.25) is 0 Å². The van der Waals surface area contributed by atoms with Crippen LogP contribution in [-0.2, 0) is 9.47 Å². The summed E-state index contributed by atoms with van der Waals surface area (Å²) in [7, 11) is 0. The number of hydrogen-bond donors (Lipinski definition) is 0. The number of hydrogen-bond acceptors (Lipinski definition) is 5. The van der Waals surface area contributed by atoms with Gasteiger partial charge in [0, 0.05) is 15.5 Å². The minimum Gasteiger partial charge on any atom is -0.334 e. The van der Waals surface area contributed by atoms with Crippen molar-refractivity contribution in [3.8, 4) is 12.1 Å². The monoisotopic (exact) mass is 316 g/mol. The molecule has 104 valence electrons. The molecule has 0 spiro atoms. The normalized spacial score (nSPS) is 23.4. The summed E-state index contributed by atoms with van der Waals surface area (Å²) in [5.41, 5.74) is -0.928. The van der Waals surface area contributed by atoms with E-state index in [0.29, 0.717) is 10.6 Å². The zero-order valence-electron chi connectivity index (χ0n) is 10.7. The van der Waals surface area contributed by atoms with Gasteiger partial charge < -0.3 is 9.47 Å². The molecule has 6 heteroatoms. The van der Waals surface area contributed by atoms with Gasteiger partial charge in [-0.2, -0.15) is 10.5 Å². The molecule has 2 heterocycles. The van der Waals surface area contributed by atoms with E-state index in [-0.39, 0.29) is 0 Å². The van der Waals surface area contributed by atoms with Gasteiger partial charge in [-0.25, -0.2) is 0 Å². The number of halogens is 1. The highest BCUT2D eigenvalue weighted by Gasteiger charge is 2.53. The van der Waals surface area contributed by atoms with E-state index < -0.39 is 18.0 Å². The van der Waals surface area contributed by atoms with Gasteiger partial charge in [0.2, 0.25) is 0 Å². The van der Waals surface area contributed by atoms with Gasteiger partial charge in [0.05, 0.1) is 0 Å². The van der Waals surface area contributed by atoms with Crippen molar-refractivity contribution in [2.24, 2.45) is 0 Å². The van der Waals surface area contributed by atoms with Crippen LogP contribution in [0.4, 0.5) is 0 Å². The maximum Gasteiger partial charge on any atom is 0.275 e. The molecule has 1 saturated heterocycles. The molecule has 0 aliphatic carbocycles. The van der Waals surface area contributed by atoms with E-state index in [1.165, 1.54) is 11.3 Å². The molecule has 1 aromatic carbocycles. The summed E-state index contributed by atoms with van der Waals surface area (Å²) in [6.45, 7) is 0. The van der Waals surface area contributed by atoms with E-state index in [1.54, 1.807) is 24.3 Å². The van der Waals surface area contributed by atoms with Gasteiger partial charge in [-0.1, -0.05) is 29.8 Å². The third-order valence-corrected chi connectivity index (χ3v) is 4.37. The molecule has 21 heavy (non-hydrogen) atoms. The molecule has 0 unspecified atom stereocenters. The van der Waals surface area contributed by atoms with Crippen LogP contribution in [0.2, 0.25) is 5.02 Å². The Labute approximate surface area is 130 Å². The van der Waals surface area contributed by atoms with Crippen LogP contribution >= 0.6 is 22.9 Å². The van der Waals surface area contributed by atoms with Crippen molar-refractivity contribution in [2.45, 2.75) is 18.0 Å². The number of nitrogens with zero attached hydrogens (tertiary/aromatic N) is 2. The molecule has 0 N–H and O–H groups in total. The average Bonchev–Trinajstić information content (AvgIpc) is 3.15. The standard InChI is InChI=1S/C15H9ClN2O2S/c16-11-5-3-10(4-6-11)14-19-13(12-2-1-7-21-12)15(8-17,9-18)20-14/h1-7,13-14H/t13-,14+/m0/s1. The molecule has 0 radical (unpaired) electrons. The molecular formula is C15H9ClN2O2S. The van der Waals surface area contributed by atoms with Crippen LogP contribution in [0.1, 0.15) is 22.8 Å². The van der Waals surface area contributed by atoms with Crippen molar-refractivity contribution in [1.29, 1.82) is 10.5 Å². The van der Waals surface area contributed by atoms with Crippen LogP contribution in [0.15, 0.2) is 41.8 Å². The van der Waals surface area contributed by atoms with E-state index in [0.717, 1.165) is 4.88 Å². The van der Waals surface area contributed by atoms with Crippen LogP contribution in [0.5, 0.6) is 0 Å². The fraction of sp³-hybridized carbons (Fsp3) is 0.200. The molecule has 0 amide bonds. The summed E-state index contributed by atoms with van der Waals surface area (Å²) in [5, 5.41) is 21.3. The Kier molecular flexibility index (Phi) is 3.67. The van der Waals surface area contributed by atoms with Crippen LogP contribution in [0.25, 0.3) is 0 Å². The Morgan fingerprint density at radius 1 is 1.14 bits per heavy atom. The highest BCUT2D eigenvalue weighted by molar-refractivity contribution is 7.10. The quantitative estimate of drug-likeness (QED) is 0.840. The maximum absolute atomic E-state index is 9.40. The topological polar surface area (TPSA) is 66.0 Å². The van der Waals surface area contributed by atoms with Crippen LogP contribution in [0, 0.1) is 22.7 Å². The molecule has 1 fully saturated rings. The maximum atomic E-state index is 9.40. The number of benzene rings is 1. The second-order valence-electron chi connectivity index (χ2n) is 4.49. The molecule has 1 aliphatic rings. The smallest absolute Gasteiger partial charge is 0.275 e. The summed E-state index contributed by atoms with van der Waals surface area (Å²) in [6.07, 6.45) is -1.50. The minimum absolute atomic E-state index is 0.596. The largest absolute Gasteiger partial charge is 0.334 e. The lowest BCUT2D eigenvalue weighted by molar-refractivity contribution is -0.0715. The van der Waals surface area contributed by atoms with E-state index in [4.69, 9.17) is 21.1 Å². The molecule has 3 rings (SSSR count). The van der Waals surface area contributed by atoms with Crippen molar-refractivity contribution >= 4 is 22.9 Å². The fourth-order valence-corrected chi connectivity index (χ4v) is 3.09. The lowest BCUT2D eigenvalue weighted by atomic mass is 9.99. The van der Waals surface area contributed by atoms with Gasteiger partial charge in [0.15, 0.2) is 12.4 Å². The number of nitriles is 2. The number of rotatable bonds is 2. The van der Waals surface area contributed by atoms with E-state index in [1.807, 2.05) is 29.7 Å². The average molecular weight is 317 g/mol. The molecule has 1 aromatic heterocycles. The van der Waals surface area contributed by atoms with Crippen molar-refractivity contribution < 1.29 is 9.47 Å². The molecule has 1 aliphatic heterocycles. The predicted octanol–water partition coefficient (Wildman–Crippen LogP) is 3.97. The molecule has 0 saturated carbocycles. The lowest BCUT2D eigenvalue weighted by Crippen LogP contribution is -2.30. The highest BCUT2D eigenvalue weighted by atomic mass is 35.5. The Morgan fingerprint density at radius 2 is 1.86 bits per heavy atom. The van der Waals surface area contributed by atoms with Gasteiger partial charge in [-0.15, -0.1) is 11.3 Å². The second kappa shape index (κ2) is 5.48. The summed E-state index contributed by atoms with van der Waals surface area (Å²) in [5.74, 6) is 0. The molecule has 2 atom stereocenters. The van der Waals surface area contributed by atoms with Crippen LogP contribution in [0.3, 0.4) is 0 Å². The first-order valence-corrected chi connectivity index (χ1v) is 7.39. The number of ether oxygens (including phenoxy) is 2. The lowest BCUT2D eigenvalue weighted by Gasteiger charge is -2.15. The van der Waals surface area contributed by atoms with Gasteiger partial charge in [0.25, 0.3) is 5.60 Å². The summed E-state index contributed by atoms with van der Waals surface area (Å²) >= 11 is 7.28. The third-order valence-electron chi connectivity index (χ3n) is 3.20. The molecule has 4 nitrogen and oxygen atoms in total. The van der Waals surface area contributed by atoms with E-state index >= 15 is 0 Å². The van der Waals surface area contributed by atoms with E-state index in [9.17, 15) is 10.5 Å². The Morgan fingerprint density at radius 3 is 2.43 bits per heavy atom. The van der Waals surface area contributed by atoms with Gasteiger partial charge in [-0.05, 0) is 23.6 Å². The predicted molar refractivity (Wildman–Crippen MR) is 77.4 cm³/mol. The molecule has 0 bridgehead atoms.